The summed E-state index contributed by atoms with van der Waals surface area (Å²) in [5, 5.41) is 34.4. The highest BCUT2D eigenvalue weighted by Gasteiger charge is 2.33. The first kappa shape index (κ1) is 50.1. The second kappa shape index (κ2) is 21.0. The normalized spacial score (nSPS) is 14.5. The largest absolute Gasteiger partial charge is 0.342 e. The van der Waals surface area contributed by atoms with E-state index < -0.39 is 9.85 Å². The van der Waals surface area contributed by atoms with Gasteiger partial charge in [-0.1, -0.05) is 52.5 Å². The van der Waals surface area contributed by atoms with Gasteiger partial charge >= 0.3 is 0 Å². The van der Waals surface area contributed by atoms with Gasteiger partial charge in [-0.3, -0.25) is 59.7 Å². The van der Waals surface area contributed by atoms with Crippen LogP contribution >= 0.6 is 66.7 Å². The molecule has 0 atom stereocenters. The minimum absolute atomic E-state index is 0.0182. The number of aromatic nitrogens is 3. The molecule has 1 aliphatic heterocycles. The molecule has 0 unspecified atom stereocenters. The lowest BCUT2D eigenvalue weighted by molar-refractivity contribution is -0.385. The fourth-order valence-corrected chi connectivity index (χ4v) is 10.8. The van der Waals surface area contributed by atoms with Crippen molar-refractivity contribution in [2.75, 3.05) is 13.1 Å². The van der Waals surface area contributed by atoms with Gasteiger partial charge in [0.1, 0.15) is 26.5 Å². The summed E-state index contributed by atoms with van der Waals surface area (Å²) in [6, 6.07) is 16.8. The van der Waals surface area contributed by atoms with Crippen molar-refractivity contribution in [3.63, 3.8) is 0 Å². The van der Waals surface area contributed by atoms with Crippen LogP contribution in [0.5, 0.6) is 0 Å². The molecular weight excluding hydrogens is 1100 g/mol. The van der Waals surface area contributed by atoms with Crippen LogP contribution < -0.4 is 0 Å². The standard InChI is InChI=1S/C21H19BrClN3O3.C14H8BrClN2O3.C14H9ClN2O3/c1-12(27)25-8-6-13(7-9-25)19-16-4-5-18(23)21(26(28)29)17(16)3-2-14-10-15(22)11-24-20(14)19;15-8-5-7-1-2-9-10(14(19)12(7)17-6-8)3-4-11(16)13(9)18(20)21;15-11-6-5-10-9(13(11)17(19)20)4-3-8-2-1-7-16-12(8)14(10)18/h4-5,10-11H,2-3,6-9H2,1H3;3-6H,1-2H2;1-2,5-7H,3-4H2. The number of nitrogens with zero attached hydrogens (tertiary/aromatic N) is 7. The van der Waals surface area contributed by atoms with Gasteiger partial charge in [0.05, 0.1) is 20.5 Å². The third kappa shape index (κ3) is 10.0. The molecule has 0 saturated carbocycles. The van der Waals surface area contributed by atoms with Crippen LogP contribution in [0.2, 0.25) is 15.1 Å². The summed E-state index contributed by atoms with van der Waals surface area (Å²) in [6.45, 7) is 2.87. The number of likely N-dealkylation sites (tertiary alicyclic amines) is 1. The van der Waals surface area contributed by atoms with Gasteiger partial charge in [0.2, 0.25) is 17.5 Å². The number of hydrogen-bond acceptors (Lipinski definition) is 12. The number of carbonyl (C=O) groups excluding carboxylic acids is 3. The Balaban J connectivity index is 0.000000145. The summed E-state index contributed by atoms with van der Waals surface area (Å²) in [5.74, 6) is -0.516. The monoisotopic (exact) mass is 1130 g/mol. The van der Waals surface area contributed by atoms with Crippen molar-refractivity contribution in [3.8, 4) is 0 Å². The first-order valence-corrected chi connectivity index (χ1v) is 24.3. The van der Waals surface area contributed by atoms with Crippen molar-refractivity contribution in [3.05, 3.63) is 206 Å². The maximum absolute atomic E-state index is 12.6. The van der Waals surface area contributed by atoms with Crippen LogP contribution in [0, 0.1) is 30.3 Å². The molecule has 70 heavy (non-hydrogen) atoms. The molecule has 4 heterocycles. The van der Waals surface area contributed by atoms with Crippen LogP contribution in [0.25, 0.3) is 5.57 Å². The molecule has 4 aliphatic rings. The van der Waals surface area contributed by atoms with E-state index in [0.717, 1.165) is 55.3 Å². The summed E-state index contributed by atoms with van der Waals surface area (Å²) in [5.41, 5.74) is 8.86. The molecule has 0 bridgehead atoms. The SMILES string of the molecule is CC(=O)N1CCC(=C2c3ccc(Cl)c([N+](=O)[O-])c3CCc3cc(Br)cnc32)CC1.O=C1c2ccc(Cl)c([N+](=O)[O-])c2CCc2cc(Br)cnc21.O=C1c2ccc(Cl)c([N+](=O)[O-])c2CCc2cccnc21. The zero-order valence-corrected chi connectivity index (χ0v) is 42.2. The van der Waals surface area contributed by atoms with E-state index in [-0.39, 0.29) is 54.5 Å². The molecule has 3 aliphatic carbocycles. The molecule has 1 saturated heterocycles. The lowest BCUT2D eigenvalue weighted by atomic mass is 9.88. The average molecular weight is 1130 g/mol. The molecule has 356 valence electrons. The van der Waals surface area contributed by atoms with Crippen LogP contribution in [0.4, 0.5) is 17.1 Å². The van der Waals surface area contributed by atoms with Gasteiger partial charge in [-0.05, 0) is 154 Å². The number of halogens is 5. The van der Waals surface area contributed by atoms with Crippen molar-refractivity contribution in [1.82, 2.24) is 19.9 Å². The highest BCUT2D eigenvalue weighted by atomic mass is 79.9. The van der Waals surface area contributed by atoms with E-state index in [0.29, 0.717) is 90.8 Å². The molecular formula is C49H36Br2Cl3N7O9. The number of nitro benzene ring substituents is 3. The molecule has 3 aromatic heterocycles. The first-order valence-electron chi connectivity index (χ1n) is 21.6. The molecule has 1 fully saturated rings. The van der Waals surface area contributed by atoms with E-state index in [1.54, 1.807) is 37.6 Å². The number of piperidine rings is 1. The molecule has 3 aromatic carbocycles. The van der Waals surface area contributed by atoms with Gasteiger partial charge in [0.15, 0.2) is 0 Å². The molecule has 0 spiro atoms. The summed E-state index contributed by atoms with van der Waals surface area (Å²) < 4.78 is 1.65. The Morgan fingerprint density at radius 1 is 0.571 bits per heavy atom. The fraction of sp³-hybridized carbons (Fsp3) is 0.224. The van der Waals surface area contributed by atoms with E-state index in [1.807, 2.05) is 29.2 Å². The van der Waals surface area contributed by atoms with E-state index in [4.69, 9.17) is 39.8 Å². The number of rotatable bonds is 3. The van der Waals surface area contributed by atoms with Crippen LogP contribution in [0.15, 0.2) is 93.8 Å². The number of pyridine rings is 3. The summed E-state index contributed by atoms with van der Waals surface area (Å²) >= 11 is 24.8. The summed E-state index contributed by atoms with van der Waals surface area (Å²) in [7, 11) is 0. The number of ketones is 2. The van der Waals surface area contributed by atoms with E-state index in [1.165, 1.54) is 29.8 Å². The Morgan fingerprint density at radius 2 is 0.986 bits per heavy atom. The van der Waals surface area contributed by atoms with E-state index >= 15 is 0 Å². The van der Waals surface area contributed by atoms with Crippen LogP contribution in [-0.2, 0) is 43.3 Å². The predicted octanol–water partition coefficient (Wildman–Crippen LogP) is 11.7. The number of aryl methyl sites for hydroxylation is 3. The maximum Gasteiger partial charge on any atom is 0.291 e. The van der Waals surface area contributed by atoms with Crippen molar-refractivity contribution in [2.24, 2.45) is 0 Å². The van der Waals surface area contributed by atoms with Crippen molar-refractivity contribution in [2.45, 2.75) is 58.3 Å². The van der Waals surface area contributed by atoms with E-state index in [9.17, 15) is 44.7 Å². The molecule has 16 nitrogen and oxygen atoms in total. The Morgan fingerprint density at radius 3 is 1.46 bits per heavy atom. The molecule has 0 radical (unpaired) electrons. The van der Waals surface area contributed by atoms with Crippen molar-refractivity contribution in [1.29, 1.82) is 0 Å². The van der Waals surface area contributed by atoms with Gasteiger partial charge in [-0.15, -0.1) is 0 Å². The summed E-state index contributed by atoms with van der Waals surface area (Å²) in [6.07, 6.45) is 9.28. The number of benzene rings is 3. The fourth-order valence-electron chi connectivity index (χ4n) is 9.31. The highest BCUT2D eigenvalue weighted by molar-refractivity contribution is 9.10. The number of hydrogen-bond donors (Lipinski definition) is 0. The number of nitro groups is 3. The number of fused-ring (bicyclic) bond motifs is 6. The number of carbonyl (C=O) groups is 3. The van der Waals surface area contributed by atoms with Gasteiger partial charge in [0, 0.05) is 80.9 Å². The third-order valence-electron chi connectivity index (χ3n) is 12.5. The van der Waals surface area contributed by atoms with Crippen molar-refractivity contribution >= 4 is 107 Å². The van der Waals surface area contributed by atoms with Gasteiger partial charge in [-0.2, -0.15) is 0 Å². The minimum atomic E-state index is -0.534. The second-order valence-electron chi connectivity index (χ2n) is 16.5. The zero-order chi connectivity index (χ0) is 50.1. The van der Waals surface area contributed by atoms with Crippen molar-refractivity contribution < 1.29 is 29.2 Å². The Labute approximate surface area is 430 Å². The lowest BCUT2D eigenvalue weighted by Crippen LogP contribution is -2.34. The van der Waals surface area contributed by atoms with Gasteiger partial charge < -0.3 is 4.90 Å². The second-order valence-corrected chi connectivity index (χ2v) is 19.6. The molecule has 6 aromatic rings. The first-order chi connectivity index (χ1) is 33.4. The molecule has 21 heteroatoms. The highest BCUT2D eigenvalue weighted by Crippen LogP contribution is 2.44. The van der Waals surface area contributed by atoms with Gasteiger partial charge in [-0.25, -0.2) is 0 Å². The molecule has 1 amide bonds. The van der Waals surface area contributed by atoms with Crippen LogP contribution in [0.3, 0.4) is 0 Å². The predicted molar refractivity (Wildman–Crippen MR) is 269 cm³/mol. The smallest absolute Gasteiger partial charge is 0.291 e. The third-order valence-corrected chi connectivity index (χ3v) is 14.3. The number of amides is 1. The summed E-state index contributed by atoms with van der Waals surface area (Å²) in [4.78, 5) is 84.3. The van der Waals surface area contributed by atoms with Crippen LogP contribution in [-0.4, -0.2) is 65.2 Å². The van der Waals surface area contributed by atoms with Gasteiger partial charge in [0.25, 0.3) is 17.1 Å². The lowest BCUT2D eigenvalue weighted by Gasteiger charge is -2.29. The quantitative estimate of drug-likeness (QED) is 0.119. The Kier molecular flexibility index (Phi) is 15.0. The Bertz CT molecular complexity index is 3270. The zero-order valence-electron chi connectivity index (χ0n) is 36.8. The minimum Gasteiger partial charge on any atom is -0.342 e. The maximum atomic E-state index is 12.6. The van der Waals surface area contributed by atoms with Crippen LogP contribution in [0.1, 0.15) is 96.5 Å². The molecule has 10 rings (SSSR count). The van der Waals surface area contributed by atoms with E-state index in [2.05, 4.69) is 41.8 Å². The molecule has 0 N–H and O–H groups in total. The topological polar surface area (TPSA) is 223 Å². The Hall–Kier alpha value is -6.31. The average Bonchev–Trinajstić information content (AvgIpc) is 3.64.